The summed E-state index contributed by atoms with van der Waals surface area (Å²) in [6.07, 6.45) is 0. The van der Waals surface area contributed by atoms with E-state index in [9.17, 15) is 13.2 Å². The number of hydrogen-bond acceptors (Lipinski definition) is 3. The van der Waals surface area contributed by atoms with Crippen molar-refractivity contribution in [3.8, 4) is 0 Å². The van der Waals surface area contributed by atoms with Gasteiger partial charge < -0.3 is 5.32 Å². The van der Waals surface area contributed by atoms with Gasteiger partial charge in [0.1, 0.15) is 0 Å². The topological polar surface area (TPSA) is 66.5 Å². The molecule has 0 aliphatic heterocycles. The number of halogens is 1. The summed E-state index contributed by atoms with van der Waals surface area (Å²) < 4.78 is 27.3. The van der Waals surface area contributed by atoms with Gasteiger partial charge in [-0.15, -0.1) is 0 Å². The van der Waals surface area contributed by atoms with Crippen LogP contribution in [-0.2, 0) is 10.0 Å². The van der Waals surface area contributed by atoms with E-state index in [2.05, 4.69) is 21.2 Å². The minimum Gasteiger partial charge on any atom is -0.346 e. The van der Waals surface area contributed by atoms with E-state index in [0.29, 0.717) is 18.7 Å². The molecule has 0 fully saturated rings. The van der Waals surface area contributed by atoms with Gasteiger partial charge in [-0.1, -0.05) is 48.0 Å². The van der Waals surface area contributed by atoms with Crippen molar-refractivity contribution in [2.75, 3.05) is 13.1 Å². The molecule has 0 saturated heterocycles. The molecule has 0 aromatic heterocycles. The van der Waals surface area contributed by atoms with Crippen LogP contribution in [-0.4, -0.2) is 31.7 Å². The molecule has 1 atom stereocenters. The fraction of sp³-hybridized carbons (Fsp3) is 0.316. The van der Waals surface area contributed by atoms with Crippen LogP contribution < -0.4 is 5.32 Å². The summed E-state index contributed by atoms with van der Waals surface area (Å²) in [6, 6.07) is 13.6. The second-order valence-corrected chi connectivity index (χ2v) is 8.72. The molecule has 2 aromatic rings. The van der Waals surface area contributed by atoms with Gasteiger partial charge >= 0.3 is 0 Å². The lowest BCUT2D eigenvalue weighted by atomic mass is 10.1. The summed E-state index contributed by atoms with van der Waals surface area (Å²) in [4.78, 5) is 12.6. The molecule has 1 unspecified atom stereocenters. The van der Waals surface area contributed by atoms with Crippen LogP contribution >= 0.6 is 15.9 Å². The quantitative estimate of drug-likeness (QED) is 0.710. The minimum absolute atomic E-state index is 0.182. The zero-order valence-electron chi connectivity index (χ0n) is 15.1. The number of amides is 1. The molecule has 0 heterocycles. The van der Waals surface area contributed by atoms with Crippen molar-refractivity contribution >= 4 is 31.9 Å². The Morgan fingerprint density at radius 1 is 1.12 bits per heavy atom. The molecule has 5 nitrogen and oxygen atoms in total. The Morgan fingerprint density at radius 2 is 1.73 bits per heavy atom. The number of benzene rings is 2. The van der Waals surface area contributed by atoms with Crippen LogP contribution in [0.3, 0.4) is 0 Å². The van der Waals surface area contributed by atoms with Gasteiger partial charge in [-0.05, 0) is 42.8 Å². The summed E-state index contributed by atoms with van der Waals surface area (Å²) in [5.74, 6) is -0.182. The molecular weight excluding hydrogens is 416 g/mol. The average Bonchev–Trinajstić information content (AvgIpc) is 2.62. The van der Waals surface area contributed by atoms with Crippen LogP contribution in [0.25, 0.3) is 0 Å². The third-order valence-electron chi connectivity index (χ3n) is 4.16. The highest BCUT2D eigenvalue weighted by Gasteiger charge is 2.21. The summed E-state index contributed by atoms with van der Waals surface area (Å²) in [5, 5.41) is 2.92. The van der Waals surface area contributed by atoms with Crippen LogP contribution in [0.1, 0.15) is 42.7 Å². The summed E-state index contributed by atoms with van der Waals surface area (Å²) >= 11 is 3.35. The average molecular weight is 439 g/mol. The van der Waals surface area contributed by atoms with Crippen LogP contribution in [0.15, 0.2) is 57.9 Å². The van der Waals surface area contributed by atoms with Gasteiger partial charge in [0.05, 0.1) is 10.9 Å². The third kappa shape index (κ3) is 4.72. The highest BCUT2D eigenvalue weighted by Crippen LogP contribution is 2.20. The van der Waals surface area contributed by atoms with E-state index in [4.69, 9.17) is 0 Å². The second-order valence-electron chi connectivity index (χ2n) is 5.86. The van der Waals surface area contributed by atoms with Gasteiger partial charge in [0.15, 0.2) is 0 Å². The smallest absolute Gasteiger partial charge is 0.251 e. The van der Waals surface area contributed by atoms with Crippen molar-refractivity contribution in [3.63, 3.8) is 0 Å². The SMILES string of the molecule is CCN(CC)S(=O)(=O)c1ccc(C(C)NC(=O)c2cccc(Br)c2)cc1. The van der Waals surface area contributed by atoms with Gasteiger partial charge in [-0.25, -0.2) is 8.42 Å². The molecule has 2 aromatic carbocycles. The highest BCUT2D eigenvalue weighted by molar-refractivity contribution is 9.10. The van der Waals surface area contributed by atoms with E-state index in [-0.39, 0.29) is 16.8 Å². The Labute approximate surface area is 163 Å². The monoisotopic (exact) mass is 438 g/mol. The highest BCUT2D eigenvalue weighted by atomic mass is 79.9. The largest absolute Gasteiger partial charge is 0.346 e. The molecule has 0 radical (unpaired) electrons. The molecule has 0 aliphatic carbocycles. The number of carbonyl (C=O) groups excluding carboxylic acids is 1. The van der Waals surface area contributed by atoms with Gasteiger partial charge in [-0.3, -0.25) is 4.79 Å². The first-order valence-electron chi connectivity index (χ1n) is 8.46. The number of hydrogen-bond donors (Lipinski definition) is 1. The fourth-order valence-corrected chi connectivity index (χ4v) is 4.49. The lowest BCUT2D eigenvalue weighted by Gasteiger charge is -2.19. The lowest BCUT2D eigenvalue weighted by molar-refractivity contribution is 0.0940. The predicted molar refractivity (Wildman–Crippen MR) is 107 cm³/mol. The Kier molecular flexibility index (Phi) is 6.97. The maximum Gasteiger partial charge on any atom is 0.251 e. The molecule has 1 amide bonds. The van der Waals surface area contributed by atoms with Gasteiger partial charge in [0, 0.05) is 23.1 Å². The van der Waals surface area contributed by atoms with E-state index in [1.165, 1.54) is 4.31 Å². The van der Waals surface area contributed by atoms with Gasteiger partial charge in [-0.2, -0.15) is 4.31 Å². The standard InChI is InChI=1S/C19H23BrN2O3S/c1-4-22(5-2)26(24,25)18-11-9-15(10-12-18)14(3)21-19(23)16-7-6-8-17(20)13-16/h6-14H,4-5H2,1-3H3,(H,21,23). The normalized spacial score (nSPS) is 12.8. The van der Waals surface area contributed by atoms with E-state index >= 15 is 0 Å². The van der Waals surface area contributed by atoms with Crippen LogP contribution in [0.4, 0.5) is 0 Å². The molecule has 0 aliphatic rings. The first-order valence-corrected chi connectivity index (χ1v) is 10.7. The van der Waals surface area contributed by atoms with Crippen molar-refractivity contribution in [1.29, 1.82) is 0 Å². The van der Waals surface area contributed by atoms with Gasteiger partial charge in [0.2, 0.25) is 10.0 Å². The zero-order valence-corrected chi connectivity index (χ0v) is 17.5. The second kappa shape index (κ2) is 8.79. The predicted octanol–water partition coefficient (Wildman–Crippen LogP) is 3.97. The van der Waals surface area contributed by atoms with Crippen molar-refractivity contribution in [2.45, 2.75) is 31.7 Å². The molecule has 0 spiro atoms. The van der Waals surface area contributed by atoms with Gasteiger partial charge in [0.25, 0.3) is 5.91 Å². The Hall–Kier alpha value is -1.70. The van der Waals surface area contributed by atoms with Crippen molar-refractivity contribution in [1.82, 2.24) is 9.62 Å². The third-order valence-corrected chi connectivity index (χ3v) is 6.72. The number of sulfonamides is 1. The first kappa shape index (κ1) is 20.6. The first-order chi connectivity index (χ1) is 12.3. The van der Waals surface area contributed by atoms with E-state index in [1.54, 1.807) is 42.5 Å². The van der Waals surface area contributed by atoms with E-state index in [0.717, 1.165) is 10.0 Å². The Bertz CT molecular complexity index is 863. The fourth-order valence-electron chi connectivity index (χ4n) is 2.63. The van der Waals surface area contributed by atoms with Crippen molar-refractivity contribution in [2.24, 2.45) is 0 Å². The van der Waals surface area contributed by atoms with E-state index in [1.807, 2.05) is 26.8 Å². The van der Waals surface area contributed by atoms with Crippen LogP contribution in [0, 0.1) is 0 Å². The zero-order chi connectivity index (χ0) is 19.3. The van der Waals surface area contributed by atoms with E-state index < -0.39 is 10.0 Å². The van der Waals surface area contributed by atoms with Crippen LogP contribution in [0.2, 0.25) is 0 Å². The maximum atomic E-state index is 12.5. The lowest BCUT2D eigenvalue weighted by Crippen LogP contribution is -2.30. The Balaban J connectivity index is 2.14. The summed E-state index contributed by atoms with van der Waals surface area (Å²) in [5.41, 5.74) is 1.40. The molecule has 2 rings (SSSR count). The molecule has 1 N–H and O–H groups in total. The number of carbonyl (C=O) groups is 1. The molecule has 0 bridgehead atoms. The van der Waals surface area contributed by atoms with Crippen molar-refractivity contribution in [3.05, 3.63) is 64.1 Å². The molecule has 0 saturated carbocycles. The van der Waals surface area contributed by atoms with Crippen LogP contribution in [0.5, 0.6) is 0 Å². The molecular formula is C19H23BrN2O3S. The molecule has 7 heteroatoms. The maximum absolute atomic E-state index is 12.5. The molecule has 140 valence electrons. The minimum atomic E-state index is -3.47. The Morgan fingerprint density at radius 3 is 2.27 bits per heavy atom. The number of nitrogens with zero attached hydrogens (tertiary/aromatic N) is 1. The number of rotatable bonds is 7. The molecule has 26 heavy (non-hydrogen) atoms. The van der Waals surface area contributed by atoms with Crippen molar-refractivity contribution < 1.29 is 13.2 Å². The summed E-state index contributed by atoms with van der Waals surface area (Å²) in [7, 11) is -3.47. The summed E-state index contributed by atoms with van der Waals surface area (Å²) in [6.45, 7) is 6.35. The number of nitrogens with one attached hydrogen (secondary N) is 1.